The molecular weight excluding hydrogens is 562 g/mol. The predicted molar refractivity (Wildman–Crippen MR) is 171 cm³/mol. The Balaban J connectivity index is 1.75. The van der Waals surface area contributed by atoms with E-state index in [0.29, 0.717) is 12.2 Å². The number of ether oxygens (including phenoxy) is 1. The number of sulfonamides is 1. The Hall–Kier alpha value is -3.85. The van der Waals surface area contributed by atoms with Gasteiger partial charge in [-0.15, -0.1) is 0 Å². The van der Waals surface area contributed by atoms with Gasteiger partial charge in [0, 0.05) is 19.0 Å². The van der Waals surface area contributed by atoms with Crippen molar-refractivity contribution in [2.45, 2.75) is 71.0 Å². The summed E-state index contributed by atoms with van der Waals surface area (Å²) in [5.41, 5.74) is 3.93. The van der Waals surface area contributed by atoms with Gasteiger partial charge in [0.1, 0.15) is 18.3 Å². The molecule has 43 heavy (non-hydrogen) atoms. The maximum atomic E-state index is 14.4. The number of amides is 2. The Morgan fingerprint density at radius 2 is 1.56 bits per heavy atom. The molecule has 0 aromatic heterocycles. The zero-order chi connectivity index (χ0) is 31.0. The van der Waals surface area contributed by atoms with Gasteiger partial charge in [-0.2, -0.15) is 0 Å². The molecule has 0 heterocycles. The summed E-state index contributed by atoms with van der Waals surface area (Å²) in [6.45, 7) is 3.51. The highest BCUT2D eigenvalue weighted by molar-refractivity contribution is 7.92. The zero-order valence-electron chi connectivity index (χ0n) is 25.6. The largest absolute Gasteiger partial charge is 0.495 e. The topological polar surface area (TPSA) is 96.0 Å². The van der Waals surface area contributed by atoms with E-state index in [-0.39, 0.29) is 24.2 Å². The van der Waals surface area contributed by atoms with Crippen LogP contribution >= 0.6 is 0 Å². The van der Waals surface area contributed by atoms with Crippen molar-refractivity contribution >= 4 is 27.5 Å². The molecule has 0 bridgehead atoms. The van der Waals surface area contributed by atoms with Gasteiger partial charge in [0.25, 0.3) is 0 Å². The minimum absolute atomic E-state index is 0.0555. The summed E-state index contributed by atoms with van der Waals surface area (Å²) in [6.07, 6.45) is 6.45. The minimum atomic E-state index is -3.90. The van der Waals surface area contributed by atoms with Crippen molar-refractivity contribution in [3.63, 3.8) is 0 Å². The summed E-state index contributed by atoms with van der Waals surface area (Å²) in [5.74, 6) is -0.366. The molecule has 1 saturated carbocycles. The van der Waals surface area contributed by atoms with Crippen LogP contribution in [0.5, 0.6) is 5.75 Å². The van der Waals surface area contributed by atoms with Crippen molar-refractivity contribution in [2.24, 2.45) is 0 Å². The molecule has 3 aromatic rings. The summed E-state index contributed by atoms with van der Waals surface area (Å²) in [5, 5.41) is 3.23. The molecule has 1 fully saturated rings. The Kier molecular flexibility index (Phi) is 10.9. The number of hydrogen-bond donors (Lipinski definition) is 1. The van der Waals surface area contributed by atoms with E-state index < -0.39 is 28.5 Å². The molecule has 9 heteroatoms. The molecule has 0 unspecified atom stereocenters. The number of nitrogens with zero attached hydrogens (tertiary/aromatic N) is 2. The molecule has 1 atom stereocenters. The lowest BCUT2D eigenvalue weighted by Crippen LogP contribution is -2.55. The molecule has 0 radical (unpaired) electrons. The Labute approximate surface area is 256 Å². The van der Waals surface area contributed by atoms with E-state index in [0.717, 1.165) is 64.9 Å². The van der Waals surface area contributed by atoms with Crippen molar-refractivity contribution in [1.82, 2.24) is 10.2 Å². The molecule has 3 aromatic carbocycles. The zero-order valence-corrected chi connectivity index (χ0v) is 26.4. The van der Waals surface area contributed by atoms with Crippen LogP contribution in [0.4, 0.5) is 5.69 Å². The van der Waals surface area contributed by atoms with E-state index in [2.05, 4.69) is 5.32 Å². The highest BCUT2D eigenvalue weighted by atomic mass is 32.2. The SMILES string of the molecule is COc1ccc(C)cc1N(CC(=O)N(Cc1ccc(C)cc1)[C@@H](Cc1ccccc1)C(=O)NC1CCCCC1)S(C)(=O)=O. The fourth-order valence-electron chi connectivity index (χ4n) is 5.58. The van der Waals surface area contributed by atoms with E-state index >= 15 is 0 Å². The number of hydrogen-bond acceptors (Lipinski definition) is 5. The molecule has 0 spiro atoms. The standard InChI is InChI=1S/C34H43N3O5S/c1-25-15-18-28(19-16-25)23-36(33(38)24-37(43(4,40)41)30-21-26(2)17-20-32(30)42-3)31(22-27-11-7-5-8-12-27)34(39)35-29-13-9-6-10-14-29/h5,7-8,11-12,15-21,29,31H,6,9-10,13-14,22-24H2,1-4H3,(H,35,39)/t31-/m0/s1. The molecule has 1 aliphatic rings. The molecule has 1 N–H and O–H groups in total. The van der Waals surface area contributed by atoms with Crippen LogP contribution in [0.2, 0.25) is 0 Å². The van der Waals surface area contributed by atoms with E-state index in [1.54, 1.807) is 12.1 Å². The smallest absolute Gasteiger partial charge is 0.244 e. The van der Waals surface area contributed by atoms with Gasteiger partial charge in [-0.1, -0.05) is 85.5 Å². The summed E-state index contributed by atoms with van der Waals surface area (Å²) >= 11 is 0. The second kappa shape index (κ2) is 14.6. The van der Waals surface area contributed by atoms with Gasteiger partial charge in [-0.3, -0.25) is 13.9 Å². The van der Waals surface area contributed by atoms with Crippen LogP contribution in [0, 0.1) is 13.8 Å². The third kappa shape index (κ3) is 8.83. The predicted octanol–water partition coefficient (Wildman–Crippen LogP) is 5.17. The number of rotatable bonds is 12. The monoisotopic (exact) mass is 605 g/mol. The second-order valence-corrected chi connectivity index (χ2v) is 13.4. The van der Waals surface area contributed by atoms with E-state index in [1.807, 2.05) is 74.5 Å². The van der Waals surface area contributed by atoms with Gasteiger partial charge in [-0.25, -0.2) is 8.42 Å². The first-order chi connectivity index (χ1) is 20.5. The lowest BCUT2D eigenvalue weighted by Gasteiger charge is -2.35. The van der Waals surface area contributed by atoms with Gasteiger partial charge < -0.3 is 15.0 Å². The highest BCUT2D eigenvalue weighted by Crippen LogP contribution is 2.31. The number of nitrogens with one attached hydrogen (secondary N) is 1. The lowest BCUT2D eigenvalue weighted by atomic mass is 9.94. The van der Waals surface area contributed by atoms with Gasteiger partial charge in [0.05, 0.1) is 19.1 Å². The molecule has 4 rings (SSSR count). The van der Waals surface area contributed by atoms with Crippen LogP contribution in [0.1, 0.15) is 54.4 Å². The first-order valence-corrected chi connectivity index (χ1v) is 16.7. The first-order valence-electron chi connectivity index (χ1n) is 14.9. The summed E-state index contributed by atoms with van der Waals surface area (Å²) in [7, 11) is -2.43. The average Bonchev–Trinajstić information content (AvgIpc) is 2.99. The van der Waals surface area contributed by atoms with Crippen LogP contribution in [0.15, 0.2) is 72.8 Å². The van der Waals surface area contributed by atoms with Gasteiger partial charge >= 0.3 is 0 Å². The molecular formula is C34H43N3O5S. The Morgan fingerprint density at radius 3 is 2.19 bits per heavy atom. The van der Waals surface area contributed by atoms with Crippen LogP contribution < -0.4 is 14.4 Å². The highest BCUT2D eigenvalue weighted by Gasteiger charge is 2.34. The maximum absolute atomic E-state index is 14.4. The minimum Gasteiger partial charge on any atom is -0.495 e. The van der Waals surface area contributed by atoms with E-state index in [1.165, 1.54) is 12.0 Å². The number of methoxy groups -OCH3 is 1. The Morgan fingerprint density at radius 1 is 0.907 bits per heavy atom. The number of carbonyl (C=O) groups excluding carboxylic acids is 2. The summed E-state index contributed by atoms with van der Waals surface area (Å²) in [4.78, 5) is 29.9. The van der Waals surface area contributed by atoms with Crippen molar-refractivity contribution in [3.8, 4) is 5.75 Å². The van der Waals surface area contributed by atoms with Crippen LogP contribution in [0.25, 0.3) is 0 Å². The average molecular weight is 606 g/mol. The fourth-order valence-corrected chi connectivity index (χ4v) is 6.42. The second-order valence-electron chi connectivity index (χ2n) is 11.5. The number of anilines is 1. The normalized spacial score (nSPS) is 14.5. The molecule has 1 aliphatic carbocycles. The van der Waals surface area contributed by atoms with Crippen molar-refractivity contribution in [2.75, 3.05) is 24.2 Å². The van der Waals surface area contributed by atoms with Crippen LogP contribution in [-0.4, -0.2) is 57.1 Å². The van der Waals surface area contributed by atoms with E-state index in [9.17, 15) is 18.0 Å². The molecule has 0 aliphatic heterocycles. The third-order valence-corrected chi connectivity index (χ3v) is 9.10. The molecule has 8 nitrogen and oxygen atoms in total. The quantitative estimate of drug-likeness (QED) is 0.308. The fraction of sp³-hybridized carbons (Fsp3) is 0.412. The molecule has 2 amide bonds. The third-order valence-electron chi connectivity index (χ3n) is 7.98. The number of carbonyl (C=O) groups is 2. The molecule has 0 saturated heterocycles. The van der Waals surface area contributed by atoms with Gasteiger partial charge in [-0.05, 0) is 55.5 Å². The van der Waals surface area contributed by atoms with Crippen molar-refractivity contribution < 1.29 is 22.7 Å². The number of aryl methyl sites for hydroxylation is 2. The summed E-state index contributed by atoms with van der Waals surface area (Å²) < 4.78 is 32.8. The van der Waals surface area contributed by atoms with Crippen LogP contribution in [-0.2, 0) is 32.6 Å². The molecule has 230 valence electrons. The first kappa shape index (κ1) is 32.1. The van der Waals surface area contributed by atoms with Crippen molar-refractivity contribution in [3.05, 3.63) is 95.1 Å². The van der Waals surface area contributed by atoms with Gasteiger partial charge in [0.2, 0.25) is 21.8 Å². The number of benzene rings is 3. The van der Waals surface area contributed by atoms with Crippen molar-refractivity contribution in [1.29, 1.82) is 0 Å². The summed E-state index contributed by atoms with van der Waals surface area (Å²) in [6, 6.07) is 21.8. The Bertz CT molecular complexity index is 1490. The lowest BCUT2D eigenvalue weighted by molar-refractivity contribution is -0.140. The van der Waals surface area contributed by atoms with Crippen LogP contribution in [0.3, 0.4) is 0 Å². The maximum Gasteiger partial charge on any atom is 0.244 e. The van der Waals surface area contributed by atoms with Gasteiger partial charge in [0.15, 0.2) is 0 Å². The van der Waals surface area contributed by atoms with E-state index in [4.69, 9.17) is 4.74 Å².